The molecule has 1 aromatic rings. The number of benzene rings is 1. The van der Waals surface area contributed by atoms with Crippen LogP contribution in [0, 0.1) is 23.2 Å². The van der Waals surface area contributed by atoms with Crippen LogP contribution in [0.1, 0.15) is 43.7 Å². The van der Waals surface area contributed by atoms with Crippen molar-refractivity contribution in [3.63, 3.8) is 0 Å². The zero-order valence-corrected chi connectivity index (χ0v) is 13.8. The average molecular weight is 311 g/mol. The molecule has 1 N–H and O–H groups in total. The van der Waals surface area contributed by atoms with Crippen LogP contribution < -0.4 is 5.32 Å². The van der Waals surface area contributed by atoms with Gasteiger partial charge < -0.3 is 10.2 Å². The van der Waals surface area contributed by atoms with Crippen LogP contribution in [0.15, 0.2) is 24.3 Å². The molecule has 122 valence electrons. The van der Waals surface area contributed by atoms with Gasteiger partial charge in [0.15, 0.2) is 0 Å². The van der Waals surface area contributed by atoms with E-state index in [-0.39, 0.29) is 0 Å². The van der Waals surface area contributed by atoms with Gasteiger partial charge in [0, 0.05) is 31.6 Å². The SMILES string of the molecule is CCC1CN(C(=O)C2CC2)CCC1NCc1ccc(C#N)cc1. The number of hydrogen-bond donors (Lipinski definition) is 1. The summed E-state index contributed by atoms with van der Waals surface area (Å²) in [6.07, 6.45) is 4.31. The van der Waals surface area contributed by atoms with Crippen molar-refractivity contribution in [3.8, 4) is 6.07 Å². The van der Waals surface area contributed by atoms with Gasteiger partial charge in [-0.25, -0.2) is 0 Å². The Hall–Kier alpha value is -1.86. The van der Waals surface area contributed by atoms with E-state index in [4.69, 9.17) is 5.26 Å². The zero-order chi connectivity index (χ0) is 16.2. The minimum Gasteiger partial charge on any atom is -0.342 e. The number of hydrogen-bond acceptors (Lipinski definition) is 3. The van der Waals surface area contributed by atoms with Crippen LogP contribution in [0.25, 0.3) is 0 Å². The summed E-state index contributed by atoms with van der Waals surface area (Å²) in [5, 5.41) is 12.5. The minimum absolute atomic E-state index is 0.329. The summed E-state index contributed by atoms with van der Waals surface area (Å²) in [5.41, 5.74) is 1.91. The van der Waals surface area contributed by atoms with Crippen molar-refractivity contribution in [1.29, 1.82) is 5.26 Å². The van der Waals surface area contributed by atoms with E-state index >= 15 is 0 Å². The summed E-state index contributed by atoms with van der Waals surface area (Å²) in [4.78, 5) is 14.3. The lowest BCUT2D eigenvalue weighted by atomic mass is 9.89. The standard InChI is InChI=1S/C19H25N3O/c1-2-16-13-22(19(23)17-7-8-17)10-9-18(16)21-12-15-5-3-14(11-20)4-6-15/h3-6,16-18,21H,2,7-10,12-13H2,1H3. The molecule has 0 aromatic heterocycles. The highest BCUT2D eigenvalue weighted by Gasteiger charge is 2.37. The van der Waals surface area contributed by atoms with Crippen LogP contribution >= 0.6 is 0 Å². The van der Waals surface area contributed by atoms with Gasteiger partial charge >= 0.3 is 0 Å². The number of nitrogens with one attached hydrogen (secondary N) is 1. The van der Waals surface area contributed by atoms with Crippen molar-refractivity contribution in [2.24, 2.45) is 11.8 Å². The van der Waals surface area contributed by atoms with E-state index < -0.39 is 0 Å². The number of likely N-dealkylation sites (tertiary alicyclic amines) is 1. The lowest BCUT2D eigenvalue weighted by Gasteiger charge is -2.39. The third-order valence-corrected chi connectivity index (χ3v) is 5.15. The number of nitriles is 1. The van der Waals surface area contributed by atoms with Crippen LogP contribution in [0.5, 0.6) is 0 Å². The second kappa shape index (κ2) is 7.14. The summed E-state index contributed by atoms with van der Waals surface area (Å²) < 4.78 is 0. The molecule has 2 atom stereocenters. The lowest BCUT2D eigenvalue weighted by Crippen LogP contribution is -2.51. The molecule has 4 nitrogen and oxygen atoms in total. The van der Waals surface area contributed by atoms with E-state index in [9.17, 15) is 4.79 Å². The van der Waals surface area contributed by atoms with Gasteiger partial charge in [-0.1, -0.05) is 25.5 Å². The summed E-state index contributed by atoms with van der Waals surface area (Å²) >= 11 is 0. The molecule has 23 heavy (non-hydrogen) atoms. The number of piperidine rings is 1. The van der Waals surface area contributed by atoms with Crippen molar-refractivity contribution in [3.05, 3.63) is 35.4 Å². The van der Waals surface area contributed by atoms with Crippen molar-refractivity contribution in [1.82, 2.24) is 10.2 Å². The maximum Gasteiger partial charge on any atom is 0.225 e. The minimum atomic E-state index is 0.329. The zero-order valence-electron chi connectivity index (χ0n) is 13.8. The normalized spacial score (nSPS) is 24.3. The Morgan fingerprint density at radius 1 is 1.30 bits per heavy atom. The summed E-state index contributed by atoms with van der Waals surface area (Å²) in [6, 6.07) is 10.4. The first kappa shape index (κ1) is 16.0. The number of rotatable bonds is 5. The Labute approximate surface area is 138 Å². The van der Waals surface area contributed by atoms with E-state index in [1.807, 2.05) is 24.3 Å². The topological polar surface area (TPSA) is 56.1 Å². The highest BCUT2D eigenvalue weighted by molar-refractivity contribution is 5.81. The number of carbonyl (C=O) groups is 1. The molecule has 2 fully saturated rings. The molecule has 1 amide bonds. The van der Waals surface area contributed by atoms with E-state index in [1.54, 1.807) is 0 Å². The van der Waals surface area contributed by atoms with Crippen molar-refractivity contribution in [2.45, 2.75) is 45.2 Å². The Kier molecular flexibility index (Phi) is 4.97. The monoisotopic (exact) mass is 311 g/mol. The highest BCUT2D eigenvalue weighted by Crippen LogP contribution is 2.33. The third-order valence-electron chi connectivity index (χ3n) is 5.15. The van der Waals surface area contributed by atoms with Crippen LogP contribution in [0.2, 0.25) is 0 Å². The fraction of sp³-hybridized carbons (Fsp3) is 0.579. The van der Waals surface area contributed by atoms with Gasteiger partial charge in [-0.2, -0.15) is 5.26 Å². The van der Waals surface area contributed by atoms with E-state index in [0.29, 0.717) is 29.3 Å². The van der Waals surface area contributed by atoms with E-state index in [0.717, 1.165) is 45.3 Å². The van der Waals surface area contributed by atoms with Gasteiger partial charge in [-0.05, 0) is 42.9 Å². The Morgan fingerprint density at radius 2 is 2.04 bits per heavy atom. The molecular weight excluding hydrogens is 286 g/mol. The third kappa shape index (κ3) is 3.92. The number of amides is 1. The molecule has 1 aliphatic carbocycles. The van der Waals surface area contributed by atoms with E-state index in [2.05, 4.69) is 23.2 Å². The smallest absolute Gasteiger partial charge is 0.225 e. The molecule has 3 rings (SSSR count). The Balaban J connectivity index is 1.53. The van der Waals surface area contributed by atoms with Crippen molar-refractivity contribution < 1.29 is 4.79 Å². The van der Waals surface area contributed by atoms with Gasteiger partial charge in [0.05, 0.1) is 11.6 Å². The van der Waals surface area contributed by atoms with Crippen molar-refractivity contribution >= 4 is 5.91 Å². The molecule has 4 heteroatoms. The average Bonchev–Trinajstić information content (AvgIpc) is 3.44. The van der Waals surface area contributed by atoms with Gasteiger partial charge in [0.1, 0.15) is 0 Å². The highest BCUT2D eigenvalue weighted by atomic mass is 16.2. The number of carbonyl (C=O) groups excluding carboxylic acids is 1. The first-order valence-corrected chi connectivity index (χ1v) is 8.72. The molecular formula is C19H25N3O. The molecule has 2 unspecified atom stereocenters. The number of nitrogens with zero attached hydrogens (tertiary/aromatic N) is 2. The Bertz CT molecular complexity index is 586. The molecule has 2 aliphatic rings. The predicted octanol–water partition coefficient (Wildman–Crippen LogP) is 2.68. The predicted molar refractivity (Wildman–Crippen MR) is 89.5 cm³/mol. The molecule has 1 heterocycles. The second-order valence-corrected chi connectivity index (χ2v) is 6.81. The van der Waals surface area contributed by atoms with Crippen LogP contribution in [0.3, 0.4) is 0 Å². The van der Waals surface area contributed by atoms with E-state index in [1.165, 1.54) is 5.56 Å². The molecule has 0 bridgehead atoms. The summed E-state index contributed by atoms with van der Waals surface area (Å²) in [5.74, 6) is 1.24. The van der Waals surface area contributed by atoms with Gasteiger partial charge in [0.2, 0.25) is 5.91 Å². The van der Waals surface area contributed by atoms with Gasteiger partial charge in [0.25, 0.3) is 0 Å². The van der Waals surface area contributed by atoms with Gasteiger partial charge in [-0.15, -0.1) is 0 Å². The quantitative estimate of drug-likeness (QED) is 0.909. The lowest BCUT2D eigenvalue weighted by molar-refractivity contribution is -0.134. The van der Waals surface area contributed by atoms with Crippen LogP contribution in [-0.2, 0) is 11.3 Å². The van der Waals surface area contributed by atoms with Crippen LogP contribution in [0.4, 0.5) is 0 Å². The molecule has 1 aromatic carbocycles. The first-order valence-electron chi connectivity index (χ1n) is 8.72. The molecule has 1 saturated heterocycles. The molecule has 1 saturated carbocycles. The summed E-state index contributed by atoms with van der Waals surface area (Å²) in [7, 11) is 0. The largest absolute Gasteiger partial charge is 0.342 e. The molecule has 0 radical (unpaired) electrons. The second-order valence-electron chi connectivity index (χ2n) is 6.81. The van der Waals surface area contributed by atoms with Crippen molar-refractivity contribution in [2.75, 3.05) is 13.1 Å². The maximum atomic E-state index is 12.2. The molecule has 1 aliphatic heterocycles. The van der Waals surface area contributed by atoms with Crippen LogP contribution in [-0.4, -0.2) is 29.9 Å². The first-order chi connectivity index (χ1) is 11.2. The van der Waals surface area contributed by atoms with Gasteiger partial charge in [-0.3, -0.25) is 4.79 Å². The summed E-state index contributed by atoms with van der Waals surface area (Å²) in [6.45, 7) is 4.82. The fourth-order valence-corrected chi connectivity index (χ4v) is 3.45. The maximum absolute atomic E-state index is 12.2. The fourth-order valence-electron chi connectivity index (χ4n) is 3.45. The Morgan fingerprint density at radius 3 is 2.65 bits per heavy atom. The molecule has 0 spiro atoms.